The van der Waals surface area contributed by atoms with Crippen molar-refractivity contribution >= 4 is 29.1 Å². The Bertz CT molecular complexity index is 1110. The van der Waals surface area contributed by atoms with Crippen molar-refractivity contribution in [3.05, 3.63) is 63.7 Å². The molecule has 3 aliphatic heterocycles. The highest BCUT2D eigenvalue weighted by Crippen LogP contribution is 2.45. The summed E-state index contributed by atoms with van der Waals surface area (Å²) in [5.41, 5.74) is 5.08. The molecule has 2 amide bonds. The highest BCUT2D eigenvalue weighted by molar-refractivity contribution is 6.31. The summed E-state index contributed by atoms with van der Waals surface area (Å²) in [7, 11) is 3.49. The quantitative estimate of drug-likeness (QED) is 0.691. The van der Waals surface area contributed by atoms with Gasteiger partial charge in [-0.25, -0.2) is 0 Å². The largest absolute Gasteiger partial charge is 0.365 e. The predicted octanol–water partition coefficient (Wildman–Crippen LogP) is 3.69. The third kappa shape index (κ3) is 3.79. The van der Waals surface area contributed by atoms with Crippen LogP contribution in [0.25, 0.3) is 0 Å². The van der Waals surface area contributed by atoms with Gasteiger partial charge in [0.05, 0.1) is 24.7 Å². The van der Waals surface area contributed by atoms with Gasteiger partial charge in [0.2, 0.25) is 11.8 Å². The van der Waals surface area contributed by atoms with Gasteiger partial charge in [-0.05, 0) is 48.1 Å². The monoisotopic (exact) mass is 467 g/mol. The average Bonchev–Trinajstić information content (AvgIpc) is 3.33. The molecule has 1 saturated heterocycles. The Hall–Kier alpha value is -2.57. The number of anilines is 1. The molecule has 33 heavy (non-hydrogen) atoms. The SMILES string of the molecule is Cc1cc2c(cc1Cl)N(CC(=O)N(C)C)CC2C(=O)N1CCC2(CC1)OCc1ccccc12. The Morgan fingerprint density at radius 2 is 1.91 bits per heavy atom. The van der Waals surface area contributed by atoms with E-state index >= 15 is 0 Å². The first kappa shape index (κ1) is 22.2. The number of aryl methyl sites for hydroxylation is 1. The summed E-state index contributed by atoms with van der Waals surface area (Å²) in [5, 5.41) is 0.654. The maximum Gasteiger partial charge on any atom is 0.241 e. The van der Waals surface area contributed by atoms with Gasteiger partial charge in [-0.2, -0.15) is 0 Å². The summed E-state index contributed by atoms with van der Waals surface area (Å²) < 4.78 is 6.27. The minimum atomic E-state index is -0.295. The number of amides is 2. The highest BCUT2D eigenvalue weighted by atomic mass is 35.5. The van der Waals surface area contributed by atoms with E-state index in [0.717, 1.165) is 29.7 Å². The molecular formula is C26H30ClN3O3. The molecule has 3 heterocycles. The van der Waals surface area contributed by atoms with Crippen LogP contribution in [-0.2, 0) is 26.5 Å². The molecule has 5 rings (SSSR count). The Kier molecular flexibility index (Phi) is 5.61. The van der Waals surface area contributed by atoms with E-state index in [-0.39, 0.29) is 29.9 Å². The zero-order valence-corrected chi connectivity index (χ0v) is 20.2. The smallest absolute Gasteiger partial charge is 0.241 e. The molecule has 0 saturated carbocycles. The molecule has 1 unspecified atom stereocenters. The van der Waals surface area contributed by atoms with Crippen molar-refractivity contribution in [1.29, 1.82) is 0 Å². The molecule has 174 valence electrons. The summed E-state index contributed by atoms with van der Waals surface area (Å²) in [5.74, 6) is -0.168. The van der Waals surface area contributed by atoms with Crippen molar-refractivity contribution < 1.29 is 14.3 Å². The number of benzene rings is 2. The van der Waals surface area contributed by atoms with Gasteiger partial charge in [0.25, 0.3) is 0 Å². The third-order valence-corrected chi connectivity index (χ3v) is 7.85. The molecule has 0 aliphatic carbocycles. The fraction of sp³-hybridized carbons (Fsp3) is 0.462. The lowest BCUT2D eigenvalue weighted by Gasteiger charge is -2.40. The van der Waals surface area contributed by atoms with Gasteiger partial charge < -0.3 is 19.4 Å². The lowest BCUT2D eigenvalue weighted by molar-refractivity contribution is -0.139. The zero-order valence-electron chi connectivity index (χ0n) is 19.4. The van der Waals surface area contributed by atoms with Crippen molar-refractivity contribution in [2.24, 2.45) is 0 Å². The van der Waals surface area contributed by atoms with Crippen molar-refractivity contribution in [1.82, 2.24) is 9.80 Å². The van der Waals surface area contributed by atoms with Crippen LogP contribution in [0.3, 0.4) is 0 Å². The summed E-state index contributed by atoms with van der Waals surface area (Å²) in [6.07, 6.45) is 1.61. The van der Waals surface area contributed by atoms with Gasteiger partial charge in [0.1, 0.15) is 0 Å². The van der Waals surface area contributed by atoms with Gasteiger partial charge in [-0.1, -0.05) is 41.9 Å². The van der Waals surface area contributed by atoms with Crippen molar-refractivity contribution in [2.45, 2.75) is 37.9 Å². The predicted molar refractivity (Wildman–Crippen MR) is 129 cm³/mol. The topological polar surface area (TPSA) is 53.1 Å². The Morgan fingerprint density at radius 1 is 1.18 bits per heavy atom. The molecule has 0 radical (unpaired) electrons. The molecule has 6 nitrogen and oxygen atoms in total. The van der Waals surface area contributed by atoms with Crippen LogP contribution in [0.4, 0.5) is 5.69 Å². The van der Waals surface area contributed by atoms with E-state index in [4.69, 9.17) is 16.3 Å². The fourth-order valence-corrected chi connectivity index (χ4v) is 5.59. The van der Waals surface area contributed by atoms with E-state index in [1.54, 1.807) is 19.0 Å². The number of hydrogen-bond acceptors (Lipinski definition) is 4. The van der Waals surface area contributed by atoms with Gasteiger partial charge in [0, 0.05) is 44.4 Å². The second-order valence-corrected chi connectivity index (χ2v) is 10.1. The van der Waals surface area contributed by atoms with Crippen LogP contribution < -0.4 is 4.90 Å². The Morgan fingerprint density at radius 3 is 2.64 bits per heavy atom. The Labute approximate surface area is 200 Å². The molecule has 0 aromatic heterocycles. The minimum Gasteiger partial charge on any atom is -0.365 e. The van der Waals surface area contributed by atoms with E-state index in [9.17, 15) is 9.59 Å². The molecule has 7 heteroatoms. The number of likely N-dealkylation sites (tertiary alicyclic amines) is 1. The summed E-state index contributed by atoms with van der Waals surface area (Å²) in [6, 6.07) is 12.3. The molecule has 3 aliphatic rings. The number of hydrogen-bond donors (Lipinski definition) is 0. The number of nitrogens with zero attached hydrogens (tertiary/aromatic N) is 3. The second-order valence-electron chi connectivity index (χ2n) is 9.65. The van der Waals surface area contributed by atoms with Crippen LogP contribution in [0.1, 0.15) is 41.0 Å². The maximum absolute atomic E-state index is 13.7. The number of likely N-dealkylation sites (N-methyl/N-ethyl adjacent to an activating group) is 1. The molecular weight excluding hydrogens is 438 g/mol. The maximum atomic E-state index is 13.7. The molecule has 0 bridgehead atoms. The fourth-order valence-electron chi connectivity index (χ4n) is 5.44. The lowest BCUT2D eigenvalue weighted by atomic mass is 9.83. The van der Waals surface area contributed by atoms with Crippen LogP contribution >= 0.6 is 11.6 Å². The van der Waals surface area contributed by atoms with Gasteiger partial charge >= 0.3 is 0 Å². The molecule has 1 spiro atoms. The Balaban J connectivity index is 1.35. The van der Waals surface area contributed by atoms with E-state index in [0.29, 0.717) is 31.3 Å². The van der Waals surface area contributed by atoms with Gasteiger partial charge in [0.15, 0.2) is 0 Å². The van der Waals surface area contributed by atoms with Crippen LogP contribution in [0, 0.1) is 6.92 Å². The van der Waals surface area contributed by atoms with Gasteiger partial charge in [-0.15, -0.1) is 0 Å². The zero-order chi connectivity index (χ0) is 23.3. The van der Waals surface area contributed by atoms with Crippen LogP contribution in [-0.4, -0.2) is 61.9 Å². The lowest BCUT2D eigenvalue weighted by Crippen LogP contribution is -2.47. The first-order chi connectivity index (χ1) is 15.8. The number of carbonyl (C=O) groups is 2. The molecule has 1 atom stereocenters. The van der Waals surface area contributed by atoms with Crippen LogP contribution in [0.15, 0.2) is 36.4 Å². The average molecular weight is 468 g/mol. The number of rotatable bonds is 3. The summed E-state index contributed by atoms with van der Waals surface area (Å²) in [6.45, 7) is 4.67. The third-order valence-electron chi connectivity index (χ3n) is 7.44. The van der Waals surface area contributed by atoms with E-state index in [2.05, 4.69) is 24.3 Å². The minimum absolute atomic E-state index is 0.00251. The summed E-state index contributed by atoms with van der Waals surface area (Å²) >= 11 is 6.41. The number of ether oxygens (including phenoxy) is 1. The molecule has 0 N–H and O–H groups in total. The molecule has 2 aromatic rings. The van der Waals surface area contributed by atoms with Crippen molar-refractivity contribution in [2.75, 3.05) is 45.2 Å². The standard InChI is InChI=1S/C26H30ClN3O3/c1-17-12-19-20(14-30(15-24(31)28(2)3)23(19)13-22(17)27)25(32)29-10-8-26(9-11-29)21-7-5-4-6-18(21)16-33-26/h4-7,12-13,20H,8-11,14-16H2,1-3H3. The van der Waals surface area contributed by atoms with Gasteiger partial charge in [-0.3, -0.25) is 9.59 Å². The number of fused-ring (bicyclic) bond motifs is 3. The number of halogens is 1. The molecule has 1 fully saturated rings. The van der Waals surface area contributed by atoms with Crippen molar-refractivity contribution in [3.63, 3.8) is 0 Å². The summed E-state index contributed by atoms with van der Waals surface area (Å²) in [4.78, 5) is 31.7. The number of carbonyl (C=O) groups excluding carboxylic acids is 2. The normalized spacial score (nSPS) is 20.7. The number of piperidine rings is 1. The molecule has 2 aromatic carbocycles. The second kappa shape index (κ2) is 8.33. The van der Waals surface area contributed by atoms with E-state index < -0.39 is 0 Å². The van der Waals surface area contributed by atoms with Crippen molar-refractivity contribution in [3.8, 4) is 0 Å². The van der Waals surface area contributed by atoms with Crippen LogP contribution in [0.5, 0.6) is 0 Å². The van der Waals surface area contributed by atoms with E-state index in [1.165, 1.54) is 11.1 Å². The highest BCUT2D eigenvalue weighted by Gasteiger charge is 2.45. The first-order valence-corrected chi connectivity index (χ1v) is 11.9. The first-order valence-electron chi connectivity index (χ1n) is 11.6. The van der Waals surface area contributed by atoms with Crippen LogP contribution in [0.2, 0.25) is 5.02 Å². The van der Waals surface area contributed by atoms with E-state index in [1.807, 2.05) is 28.9 Å².